The van der Waals surface area contributed by atoms with Gasteiger partial charge in [-0.05, 0) is 36.0 Å². The van der Waals surface area contributed by atoms with Gasteiger partial charge in [0.15, 0.2) is 0 Å². The molecule has 0 amide bonds. The molecule has 1 rings (SSSR count). The fourth-order valence-corrected chi connectivity index (χ4v) is 3.10. The van der Waals surface area contributed by atoms with Gasteiger partial charge in [-0.2, -0.15) is 0 Å². The summed E-state index contributed by atoms with van der Waals surface area (Å²) in [6.07, 6.45) is 4.45. The van der Waals surface area contributed by atoms with Crippen molar-refractivity contribution in [2.45, 2.75) is 73.0 Å². The molecule has 1 aliphatic rings. The first-order valence-corrected chi connectivity index (χ1v) is 7.61. The van der Waals surface area contributed by atoms with Crippen LogP contribution in [-0.4, -0.2) is 18.8 Å². The highest BCUT2D eigenvalue weighted by atomic mass is 16.5. The van der Waals surface area contributed by atoms with E-state index in [9.17, 15) is 0 Å². The predicted octanol–water partition coefficient (Wildman–Crippen LogP) is 3.84. The Morgan fingerprint density at radius 1 is 1.22 bits per heavy atom. The molecule has 0 aliphatic heterocycles. The molecule has 0 bridgehead atoms. The maximum absolute atomic E-state index is 6.42. The van der Waals surface area contributed by atoms with Gasteiger partial charge in [-0.15, -0.1) is 0 Å². The maximum atomic E-state index is 6.42. The van der Waals surface area contributed by atoms with Crippen molar-refractivity contribution in [1.82, 2.24) is 0 Å². The lowest BCUT2D eigenvalue weighted by Gasteiger charge is -2.41. The van der Waals surface area contributed by atoms with Crippen molar-refractivity contribution in [1.29, 1.82) is 0 Å². The summed E-state index contributed by atoms with van der Waals surface area (Å²) in [6, 6.07) is 0. The van der Waals surface area contributed by atoms with Crippen LogP contribution in [0.1, 0.15) is 60.8 Å². The normalized spacial score (nSPS) is 31.7. The van der Waals surface area contributed by atoms with Gasteiger partial charge in [-0.3, -0.25) is 0 Å². The minimum absolute atomic E-state index is 0.136. The first kappa shape index (κ1) is 16.0. The van der Waals surface area contributed by atoms with Gasteiger partial charge < -0.3 is 10.5 Å². The van der Waals surface area contributed by atoms with Crippen LogP contribution in [0.15, 0.2) is 0 Å². The van der Waals surface area contributed by atoms with Crippen LogP contribution in [0.2, 0.25) is 0 Å². The Balaban J connectivity index is 2.70. The lowest BCUT2D eigenvalue weighted by atomic mass is 9.75. The molecule has 2 heteroatoms. The smallest absolute Gasteiger partial charge is 0.0749 e. The molecule has 2 nitrogen and oxygen atoms in total. The molecular formula is C16H33NO. The molecule has 2 N–H and O–H groups in total. The van der Waals surface area contributed by atoms with E-state index in [4.69, 9.17) is 10.5 Å². The third-order valence-corrected chi connectivity index (χ3v) is 4.48. The number of hydrogen-bond acceptors (Lipinski definition) is 2. The van der Waals surface area contributed by atoms with Crippen molar-refractivity contribution >= 4 is 0 Å². The molecule has 0 radical (unpaired) electrons. The third-order valence-electron chi connectivity index (χ3n) is 4.48. The van der Waals surface area contributed by atoms with Crippen LogP contribution in [0, 0.1) is 23.2 Å². The Labute approximate surface area is 114 Å². The number of ether oxygens (including phenoxy) is 1. The Morgan fingerprint density at radius 2 is 1.83 bits per heavy atom. The molecule has 1 fully saturated rings. The van der Waals surface area contributed by atoms with Crippen LogP contribution in [-0.2, 0) is 4.74 Å². The number of hydrogen-bond donors (Lipinski definition) is 1. The van der Waals surface area contributed by atoms with Gasteiger partial charge in [-0.25, -0.2) is 0 Å². The van der Waals surface area contributed by atoms with Gasteiger partial charge >= 0.3 is 0 Å². The molecule has 0 aromatic heterocycles. The molecule has 108 valence electrons. The summed E-state index contributed by atoms with van der Waals surface area (Å²) in [7, 11) is 0. The fourth-order valence-electron chi connectivity index (χ4n) is 3.10. The van der Waals surface area contributed by atoms with Crippen LogP contribution < -0.4 is 5.73 Å². The Bertz CT molecular complexity index is 244. The second-order valence-electron chi connectivity index (χ2n) is 7.59. The van der Waals surface area contributed by atoms with Crippen LogP contribution in [0.3, 0.4) is 0 Å². The van der Waals surface area contributed by atoms with Gasteiger partial charge in [0.25, 0.3) is 0 Å². The molecule has 0 aromatic rings. The predicted molar refractivity (Wildman–Crippen MR) is 78.5 cm³/mol. The Morgan fingerprint density at radius 3 is 2.28 bits per heavy atom. The van der Waals surface area contributed by atoms with Crippen LogP contribution in [0.4, 0.5) is 0 Å². The average Bonchev–Trinajstić information content (AvgIpc) is 2.23. The van der Waals surface area contributed by atoms with E-state index in [1.807, 2.05) is 0 Å². The highest BCUT2D eigenvalue weighted by Crippen LogP contribution is 2.37. The third kappa shape index (κ3) is 4.24. The molecule has 1 saturated carbocycles. The highest BCUT2D eigenvalue weighted by Gasteiger charge is 2.35. The molecule has 0 heterocycles. The van der Waals surface area contributed by atoms with Crippen LogP contribution in [0.25, 0.3) is 0 Å². The summed E-state index contributed by atoms with van der Waals surface area (Å²) in [6.45, 7) is 14.3. The van der Waals surface area contributed by atoms with Gasteiger partial charge in [0.1, 0.15) is 0 Å². The number of rotatable bonds is 4. The summed E-state index contributed by atoms with van der Waals surface area (Å²) >= 11 is 0. The topological polar surface area (TPSA) is 35.2 Å². The summed E-state index contributed by atoms with van der Waals surface area (Å²) < 4.78 is 6.42. The Kier molecular flexibility index (Phi) is 5.67. The minimum atomic E-state index is 0.136. The van der Waals surface area contributed by atoms with Crippen molar-refractivity contribution < 1.29 is 4.74 Å². The molecule has 0 aromatic carbocycles. The van der Waals surface area contributed by atoms with E-state index in [0.29, 0.717) is 24.5 Å². The van der Waals surface area contributed by atoms with E-state index in [-0.39, 0.29) is 11.5 Å². The zero-order valence-corrected chi connectivity index (χ0v) is 13.2. The van der Waals surface area contributed by atoms with Crippen molar-refractivity contribution in [2.24, 2.45) is 28.9 Å². The molecule has 0 spiro atoms. The largest absolute Gasteiger partial charge is 0.373 e. The molecule has 0 saturated heterocycles. The van der Waals surface area contributed by atoms with E-state index in [0.717, 1.165) is 5.92 Å². The van der Waals surface area contributed by atoms with Crippen molar-refractivity contribution in [3.8, 4) is 0 Å². The second-order valence-corrected chi connectivity index (χ2v) is 7.59. The lowest BCUT2D eigenvalue weighted by Crippen LogP contribution is -2.44. The first-order valence-electron chi connectivity index (χ1n) is 7.61. The quantitative estimate of drug-likeness (QED) is 0.828. The average molecular weight is 255 g/mol. The zero-order chi connectivity index (χ0) is 13.9. The van der Waals surface area contributed by atoms with E-state index in [1.165, 1.54) is 19.3 Å². The van der Waals surface area contributed by atoms with Crippen LogP contribution in [0.5, 0.6) is 0 Å². The molecule has 1 aliphatic carbocycles. The van der Waals surface area contributed by atoms with Crippen LogP contribution >= 0.6 is 0 Å². The van der Waals surface area contributed by atoms with E-state index in [2.05, 4.69) is 41.5 Å². The minimum Gasteiger partial charge on any atom is -0.373 e. The Hall–Kier alpha value is -0.0800. The number of nitrogens with two attached hydrogens (primary N) is 1. The second kappa shape index (κ2) is 6.38. The summed E-state index contributed by atoms with van der Waals surface area (Å²) in [5.74, 6) is 2.21. The first-order chi connectivity index (χ1) is 8.25. The molecule has 4 unspecified atom stereocenters. The van der Waals surface area contributed by atoms with Gasteiger partial charge in [0, 0.05) is 6.54 Å². The molecule has 18 heavy (non-hydrogen) atoms. The van der Waals surface area contributed by atoms with E-state index >= 15 is 0 Å². The fraction of sp³-hybridized carbons (Fsp3) is 1.00. The molecule has 4 atom stereocenters. The summed E-state index contributed by atoms with van der Waals surface area (Å²) in [5, 5.41) is 0. The summed E-state index contributed by atoms with van der Waals surface area (Å²) in [5.41, 5.74) is 6.04. The van der Waals surface area contributed by atoms with Gasteiger partial charge in [0.2, 0.25) is 0 Å². The zero-order valence-electron chi connectivity index (χ0n) is 13.2. The molecular weight excluding hydrogens is 222 g/mol. The van der Waals surface area contributed by atoms with Crippen molar-refractivity contribution in [3.63, 3.8) is 0 Å². The van der Waals surface area contributed by atoms with Gasteiger partial charge in [0.05, 0.1) is 12.2 Å². The monoisotopic (exact) mass is 255 g/mol. The summed E-state index contributed by atoms with van der Waals surface area (Å²) in [4.78, 5) is 0. The standard InChI is InChI=1S/C16H33NO/c1-11(2)13-8-7-12(3)9-14(13)18-15(10-17)16(4,5)6/h11-15H,7-10,17H2,1-6H3. The van der Waals surface area contributed by atoms with E-state index < -0.39 is 0 Å². The van der Waals surface area contributed by atoms with Gasteiger partial charge in [-0.1, -0.05) is 48.0 Å². The highest BCUT2D eigenvalue weighted by molar-refractivity contribution is 4.85. The van der Waals surface area contributed by atoms with Crippen molar-refractivity contribution in [3.05, 3.63) is 0 Å². The lowest BCUT2D eigenvalue weighted by molar-refractivity contribution is -0.111. The van der Waals surface area contributed by atoms with Crippen molar-refractivity contribution in [2.75, 3.05) is 6.54 Å². The SMILES string of the molecule is CC1CCC(C(C)C)C(OC(CN)C(C)(C)C)C1. The maximum Gasteiger partial charge on any atom is 0.0749 e. The van der Waals surface area contributed by atoms with E-state index in [1.54, 1.807) is 0 Å².